The van der Waals surface area contributed by atoms with Gasteiger partial charge in [-0.15, -0.1) is 20.4 Å². The monoisotopic (exact) mass is 406 g/mol. The molecule has 3 heterocycles. The Morgan fingerprint density at radius 1 is 0.933 bits per heavy atom. The zero-order chi connectivity index (χ0) is 21.1. The van der Waals surface area contributed by atoms with Crippen molar-refractivity contribution in [3.8, 4) is 34.3 Å². The molecule has 1 aromatic carbocycles. The first-order valence-electron chi connectivity index (χ1n) is 9.15. The normalized spacial score (nSPS) is 10.9. The molecule has 3 aromatic heterocycles. The van der Waals surface area contributed by atoms with E-state index in [-0.39, 0.29) is 12.4 Å². The van der Waals surface area contributed by atoms with E-state index in [0.717, 1.165) is 16.8 Å². The van der Waals surface area contributed by atoms with Gasteiger partial charge >= 0.3 is 0 Å². The molecule has 0 atom stereocenters. The third kappa shape index (κ3) is 3.74. The van der Waals surface area contributed by atoms with Crippen molar-refractivity contribution in [3.05, 3.63) is 65.9 Å². The van der Waals surface area contributed by atoms with Crippen LogP contribution in [0.4, 0.5) is 4.39 Å². The molecule has 0 aliphatic carbocycles. The average molecular weight is 406 g/mol. The summed E-state index contributed by atoms with van der Waals surface area (Å²) in [5.41, 5.74) is 3.51. The molecule has 9 heteroatoms. The summed E-state index contributed by atoms with van der Waals surface area (Å²) >= 11 is 0. The molecule has 4 aromatic rings. The number of pyridine rings is 1. The van der Waals surface area contributed by atoms with Crippen molar-refractivity contribution in [1.29, 1.82) is 0 Å². The van der Waals surface area contributed by atoms with Crippen molar-refractivity contribution >= 4 is 0 Å². The van der Waals surface area contributed by atoms with E-state index in [1.54, 1.807) is 38.6 Å². The molecule has 30 heavy (non-hydrogen) atoms. The SMILES string of the molecule is COCc1nnc(-c2ccc(-c3ccc(F)cc3C)nn2)n1-c1ccc(OC)nc1. The van der Waals surface area contributed by atoms with Crippen molar-refractivity contribution in [1.82, 2.24) is 29.9 Å². The molecule has 0 unspecified atom stereocenters. The van der Waals surface area contributed by atoms with Crippen LogP contribution in [0.15, 0.2) is 48.7 Å². The van der Waals surface area contributed by atoms with Crippen LogP contribution in [0.25, 0.3) is 28.5 Å². The lowest BCUT2D eigenvalue weighted by Crippen LogP contribution is -2.06. The maximum atomic E-state index is 13.4. The van der Waals surface area contributed by atoms with E-state index in [4.69, 9.17) is 9.47 Å². The lowest BCUT2D eigenvalue weighted by molar-refractivity contribution is 0.176. The molecule has 0 saturated heterocycles. The highest BCUT2D eigenvalue weighted by Crippen LogP contribution is 2.25. The molecule has 0 amide bonds. The van der Waals surface area contributed by atoms with Crippen LogP contribution in [0.3, 0.4) is 0 Å². The summed E-state index contributed by atoms with van der Waals surface area (Å²) in [4.78, 5) is 4.25. The van der Waals surface area contributed by atoms with Gasteiger partial charge in [0.15, 0.2) is 11.6 Å². The van der Waals surface area contributed by atoms with Crippen molar-refractivity contribution in [3.63, 3.8) is 0 Å². The third-order valence-corrected chi connectivity index (χ3v) is 4.55. The minimum absolute atomic E-state index is 0.263. The van der Waals surface area contributed by atoms with Gasteiger partial charge < -0.3 is 9.47 Å². The minimum atomic E-state index is -0.285. The Balaban J connectivity index is 1.74. The summed E-state index contributed by atoms with van der Waals surface area (Å²) in [5.74, 6) is 1.32. The van der Waals surface area contributed by atoms with Crippen LogP contribution < -0.4 is 4.74 Å². The van der Waals surface area contributed by atoms with Gasteiger partial charge in [-0.05, 0) is 48.9 Å². The van der Waals surface area contributed by atoms with E-state index >= 15 is 0 Å². The van der Waals surface area contributed by atoms with Crippen LogP contribution in [-0.2, 0) is 11.3 Å². The van der Waals surface area contributed by atoms with Gasteiger partial charge in [0.2, 0.25) is 5.88 Å². The summed E-state index contributed by atoms with van der Waals surface area (Å²) < 4.78 is 25.6. The summed E-state index contributed by atoms with van der Waals surface area (Å²) in [5, 5.41) is 17.1. The Morgan fingerprint density at radius 3 is 2.37 bits per heavy atom. The molecule has 4 rings (SSSR count). The summed E-state index contributed by atoms with van der Waals surface area (Å²) in [7, 11) is 3.15. The molecule has 152 valence electrons. The molecular formula is C21H19FN6O2. The van der Waals surface area contributed by atoms with E-state index in [1.807, 2.05) is 23.6 Å². The number of hydrogen-bond donors (Lipinski definition) is 0. The number of benzene rings is 1. The summed E-state index contributed by atoms with van der Waals surface area (Å²) in [6, 6.07) is 11.8. The zero-order valence-electron chi connectivity index (χ0n) is 16.7. The van der Waals surface area contributed by atoms with Crippen LogP contribution in [0, 0.1) is 12.7 Å². The standard InChI is InChI=1S/C21H19FN6O2/c1-13-10-14(22)4-6-16(13)17-7-8-18(25-24-17)21-27-26-19(12-29-2)28(21)15-5-9-20(30-3)23-11-15/h4-11H,12H2,1-3H3. The fourth-order valence-electron chi connectivity index (χ4n) is 3.11. The van der Waals surface area contributed by atoms with E-state index in [0.29, 0.717) is 28.9 Å². The number of rotatable bonds is 6. The quantitative estimate of drug-likeness (QED) is 0.485. The number of hydrogen-bond acceptors (Lipinski definition) is 7. The second-order valence-electron chi connectivity index (χ2n) is 6.53. The van der Waals surface area contributed by atoms with Gasteiger partial charge in [-0.25, -0.2) is 9.37 Å². The Labute approximate surface area is 172 Å². The van der Waals surface area contributed by atoms with E-state index < -0.39 is 0 Å². The van der Waals surface area contributed by atoms with Crippen molar-refractivity contribution in [2.75, 3.05) is 14.2 Å². The average Bonchev–Trinajstić information content (AvgIpc) is 3.18. The maximum absolute atomic E-state index is 13.4. The van der Waals surface area contributed by atoms with E-state index in [2.05, 4.69) is 25.4 Å². The predicted molar refractivity (Wildman–Crippen MR) is 108 cm³/mol. The molecule has 8 nitrogen and oxygen atoms in total. The number of ether oxygens (including phenoxy) is 2. The Kier molecular flexibility index (Phi) is 5.44. The highest BCUT2D eigenvalue weighted by atomic mass is 19.1. The Morgan fingerprint density at radius 2 is 1.73 bits per heavy atom. The molecule has 0 saturated carbocycles. The second-order valence-corrected chi connectivity index (χ2v) is 6.53. The highest BCUT2D eigenvalue weighted by molar-refractivity contribution is 5.64. The van der Waals surface area contributed by atoms with Crippen molar-refractivity contribution in [2.24, 2.45) is 0 Å². The summed E-state index contributed by atoms with van der Waals surface area (Å²) in [6.07, 6.45) is 1.66. The summed E-state index contributed by atoms with van der Waals surface area (Å²) in [6.45, 7) is 2.09. The lowest BCUT2D eigenvalue weighted by atomic mass is 10.1. The van der Waals surface area contributed by atoms with Gasteiger partial charge in [-0.1, -0.05) is 0 Å². The van der Waals surface area contributed by atoms with Crippen LogP contribution in [-0.4, -0.2) is 44.2 Å². The van der Waals surface area contributed by atoms with Gasteiger partial charge in [-0.3, -0.25) is 4.57 Å². The largest absolute Gasteiger partial charge is 0.481 e. The van der Waals surface area contributed by atoms with Gasteiger partial charge in [-0.2, -0.15) is 0 Å². The molecule has 0 spiro atoms. The number of methoxy groups -OCH3 is 2. The smallest absolute Gasteiger partial charge is 0.213 e. The molecular weight excluding hydrogens is 387 g/mol. The van der Waals surface area contributed by atoms with Crippen molar-refractivity contribution in [2.45, 2.75) is 13.5 Å². The molecule has 0 aliphatic heterocycles. The van der Waals surface area contributed by atoms with Crippen molar-refractivity contribution < 1.29 is 13.9 Å². The number of nitrogens with zero attached hydrogens (tertiary/aromatic N) is 6. The third-order valence-electron chi connectivity index (χ3n) is 4.55. The van der Waals surface area contributed by atoms with Crippen LogP contribution in [0.2, 0.25) is 0 Å². The molecule has 0 radical (unpaired) electrons. The number of aryl methyl sites for hydroxylation is 1. The first-order chi connectivity index (χ1) is 14.6. The van der Waals surface area contributed by atoms with Crippen LogP contribution >= 0.6 is 0 Å². The number of aromatic nitrogens is 6. The first-order valence-corrected chi connectivity index (χ1v) is 9.15. The maximum Gasteiger partial charge on any atom is 0.213 e. The fourth-order valence-corrected chi connectivity index (χ4v) is 3.11. The minimum Gasteiger partial charge on any atom is -0.481 e. The molecule has 0 N–H and O–H groups in total. The van der Waals surface area contributed by atoms with Gasteiger partial charge in [0.05, 0.1) is 24.7 Å². The predicted octanol–water partition coefficient (Wildman–Crippen LogP) is 3.39. The Hall–Kier alpha value is -3.72. The molecule has 0 bridgehead atoms. The first kappa shape index (κ1) is 19.6. The van der Waals surface area contributed by atoms with Crippen LogP contribution in [0.1, 0.15) is 11.4 Å². The molecule has 0 aliphatic rings. The Bertz CT molecular complexity index is 1160. The topological polar surface area (TPSA) is 87.8 Å². The zero-order valence-corrected chi connectivity index (χ0v) is 16.7. The number of halogens is 1. The van der Waals surface area contributed by atoms with Gasteiger partial charge in [0, 0.05) is 18.7 Å². The second kappa shape index (κ2) is 8.34. The highest BCUT2D eigenvalue weighted by Gasteiger charge is 2.18. The van der Waals surface area contributed by atoms with Crippen LogP contribution in [0.5, 0.6) is 5.88 Å². The van der Waals surface area contributed by atoms with Gasteiger partial charge in [0.1, 0.15) is 18.1 Å². The molecule has 0 fully saturated rings. The van der Waals surface area contributed by atoms with Gasteiger partial charge in [0.25, 0.3) is 0 Å². The lowest BCUT2D eigenvalue weighted by Gasteiger charge is -2.10. The fraction of sp³-hybridized carbons (Fsp3) is 0.190. The van der Waals surface area contributed by atoms with E-state index in [9.17, 15) is 4.39 Å². The van der Waals surface area contributed by atoms with E-state index in [1.165, 1.54) is 12.1 Å².